The molecule has 0 bridgehead atoms. The van der Waals surface area contributed by atoms with Gasteiger partial charge < -0.3 is 10.2 Å². The standard InChI is InChI=1S/C16H26N2.ClH/c1-14(2)15-8-4-5-9-16(15)17-10-13-18-11-6-3-7-12-18;/h4-5,8-9,14,17H,3,6-7,10-13H2,1-2H3;1H. The summed E-state index contributed by atoms with van der Waals surface area (Å²) in [5.74, 6) is 0.587. The van der Waals surface area contributed by atoms with Crippen molar-refractivity contribution < 1.29 is 0 Å². The van der Waals surface area contributed by atoms with Crippen LogP contribution in [0, 0.1) is 0 Å². The van der Waals surface area contributed by atoms with Gasteiger partial charge in [-0.15, -0.1) is 12.4 Å². The minimum Gasteiger partial charge on any atom is -0.384 e. The van der Waals surface area contributed by atoms with Gasteiger partial charge in [0.15, 0.2) is 0 Å². The Morgan fingerprint density at radius 1 is 1.11 bits per heavy atom. The van der Waals surface area contributed by atoms with Gasteiger partial charge in [0.2, 0.25) is 0 Å². The van der Waals surface area contributed by atoms with Crippen LogP contribution in [0.2, 0.25) is 0 Å². The van der Waals surface area contributed by atoms with E-state index in [1.54, 1.807) is 0 Å². The average Bonchev–Trinajstić information content (AvgIpc) is 2.40. The van der Waals surface area contributed by atoms with E-state index in [0.717, 1.165) is 6.54 Å². The maximum Gasteiger partial charge on any atom is 0.0375 e. The Morgan fingerprint density at radius 2 is 1.79 bits per heavy atom. The molecule has 1 aromatic rings. The SMILES string of the molecule is CC(C)c1ccccc1NCCN1CCCCC1.Cl. The van der Waals surface area contributed by atoms with E-state index < -0.39 is 0 Å². The molecule has 108 valence electrons. The summed E-state index contributed by atoms with van der Waals surface area (Å²) >= 11 is 0. The Labute approximate surface area is 124 Å². The number of nitrogens with zero attached hydrogens (tertiary/aromatic N) is 1. The number of likely N-dealkylation sites (tertiary alicyclic amines) is 1. The predicted octanol–water partition coefficient (Wildman–Crippen LogP) is 4.13. The van der Waals surface area contributed by atoms with Crippen molar-refractivity contribution in [1.29, 1.82) is 0 Å². The average molecular weight is 283 g/mol. The van der Waals surface area contributed by atoms with Crippen molar-refractivity contribution in [2.75, 3.05) is 31.5 Å². The zero-order chi connectivity index (χ0) is 12.8. The molecule has 0 saturated carbocycles. The third kappa shape index (κ3) is 5.04. The van der Waals surface area contributed by atoms with E-state index in [1.807, 2.05) is 0 Å². The molecule has 1 heterocycles. The second-order valence-electron chi connectivity index (χ2n) is 5.57. The summed E-state index contributed by atoms with van der Waals surface area (Å²) in [6.07, 6.45) is 4.17. The monoisotopic (exact) mass is 282 g/mol. The van der Waals surface area contributed by atoms with Crippen LogP contribution in [0.4, 0.5) is 5.69 Å². The van der Waals surface area contributed by atoms with Crippen LogP contribution in [-0.4, -0.2) is 31.1 Å². The molecule has 0 aromatic heterocycles. The Kier molecular flexibility index (Phi) is 7.25. The fourth-order valence-corrected chi connectivity index (χ4v) is 2.69. The number of nitrogens with one attached hydrogen (secondary N) is 1. The Morgan fingerprint density at radius 3 is 2.47 bits per heavy atom. The van der Waals surface area contributed by atoms with Crippen molar-refractivity contribution in [2.24, 2.45) is 0 Å². The van der Waals surface area contributed by atoms with Gasteiger partial charge in [-0.3, -0.25) is 0 Å². The third-order valence-electron chi connectivity index (χ3n) is 3.77. The van der Waals surface area contributed by atoms with Crippen LogP contribution in [0.3, 0.4) is 0 Å². The first kappa shape index (κ1) is 16.3. The maximum atomic E-state index is 3.60. The van der Waals surface area contributed by atoms with Gasteiger partial charge in [0.05, 0.1) is 0 Å². The first-order valence-corrected chi connectivity index (χ1v) is 7.32. The number of hydrogen-bond acceptors (Lipinski definition) is 2. The molecule has 1 aliphatic rings. The molecule has 2 rings (SSSR count). The molecule has 3 heteroatoms. The number of anilines is 1. The molecule has 0 aliphatic carbocycles. The number of hydrogen-bond donors (Lipinski definition) is 1. The van der Waals surface area contributed by atoms with E-state index in [1.165, 1.54) is 50.1 Å². The van der Waals surface area contributed by atoms with Gasteiger partial charge in [-0.1, -0.05) is 38.5 Å². The summed E-state index contributed by atoms with van der Waals surface area (Å²) in [5, 5.41) is 3.60. The van der Waals surface area contributed by atoms with Crippen LogP contribution < -0.4 is 5.32 Å². The minimum atomic E-state index is 0. The summed E-state index contributed by atoms with van der Waals surface area (Å²) in [6, 6.07) is 8.68. The highest BCUT2D eigenvalue weighted by Gasteiger charge is 2.10. The lowest BCUT2D eigenvalue weighted by Gasteiger charge is -2.26. The fraction of sp³-hybridized carbons (Fsp3) is 0.625. The molecule has 0 amide bonds. The smallest absolute Gasteiger partial charge is 0.0375 e. The normalized spacial score (nSPS) is 16.2. The zero-order valence-electron chi connectivity index (χ0n) is 12.2. The molecule has 0 atom stereocenters. The van der Waals surface area contributed by atoms with Crippen molar-refractivity contribution in [1.82, 2.24) is 4.90 Å². The molecule has 1 aliphatic heterocycles. The molecule has 1 N–H and O–H groups in total. The zero-order valence-corrected chi connectivity index (χ0v) is 13.0. The topological polar surface area (TPSA) is 15.3 Å². The first-order chi connectivity index (χ1) is 8.77. The van der Waals surface area contributed by atoms with E-state index >= 15 is 0 Å². The number of halogens is 1. The Bertz CT molecular complexity index is 360. The first-order valence-electron chi connectivity index (χ1n) is 7.32. The van der Waals surface area contributed by atoms with E-state index in [4.69, 9.17) is 0 Å². The van der Waals surface area contributed by atoms with Gasteiger partial charge in [-0.05, 0) is 43.5 Å². The van der Waals surface area contributed by atoms with Crippen molar-refractivity contribution in [3.63, 3.8) is 0 Å². The van der Waals surface area contributed by atoms with Gasteiger partial charge in [-0.2, -0.15) is 0 Å². The molecule has 0 radical (unpaired) electrons. The summed E-state index contributed by atoms with van der Waals surface area (Å²) in [6.45, 7) is 9.31. The van der Waals surface area contributed by atoms with Gasteiger partial charge in [0, 0.05) is 18.8 Å². The summed E-state index contributed by atoms with van der Waals surface area (Å²) in [5.41, 5.74) is 2.74. The van der Waals surface area contributed by atoms with Crippen LogP contribution in [0.5, 0.6) is 0 Å². The van der Waals surface area contributed by atoms with Gasteiger partial charge in [0.1, 0.15) is 0 Å². The number of piperidine rings is 1. The Hall–Kier alpha value is -0.730. The second-order valence-corrected chi connectivity index (χ2v) is 5.57. The molecule has 0 spiro atoms. The third-order valence-corrected chi connectivity index (χ3v) is 3.77. The van der Waals surface area contributed by atoms with Gasteiger partial charge in [-0.25, -0.2) is 0 Å². The van der Waals surface area contributed by atoms with Gasteiger partial charge >= 0.3 is 0 Å². The van der Waals surface area contributed by atoms with Crippen molar-refractivity contribution in [3.05, 3.63) is 29.8 Å². The molecule has 1 fully saturated rings. The minimum absolute atomic E-state index is 0. The van der Waals surface area contributed by atoms with E-state index in [2.05, 4.69) is 48.3 Å². The molecule has 19 heavy (non-hydrogen) atoms. The summed E-state index contributed by atoms with van der Waals surface area (Å²) < 4.78 is 0. The lowest BCUT2D eigenvalue weighted by atomic mass is 10.0. The largest absolute Gasteiger partial charge is 0.384 e. The van der Waals surface area contributed by atoms with Crippen LogP contribution in [-0.2, 0) is 0 Å². The summed E-state index contributed by atoms with van der Waals surface area (Å²) in [4.78, 5) is 2.58. The number of benzene rings is 1. The van der Waals surface area contributed by atoms with Crippen molar-refractivity contribution >= 4 is 18.1 Å². The van der Waals surface area contributed by atoms with Gasteiger partial charge in [0.25, 0.3) is 0 Å². The van der Waals surface area contributed by atoms with Crippen molar-refractivity contribution in [2.45, 2.75) is 39.0 Å². The highest BCUT2D eigenvalue weighted by atomic mass is 35.5. The lowest BCUT2D eigenvalue weighted by Crippen LogP contribution is -2.33. The van der Waals surface area contributed by atoms with Crippen LogP contribution >= 0.6 is 12.4 Å². The van der Waals surface area contributed by atoms with Crippen molar-refractivity contribution in [3.8, 4) is 0 Å². The lowest BCUT2D eigenvalue weighted by molar-refractivity contribution is 0.237. The van der Waals surface area contributed by atoms with E-state index in [-0.39, 0.29) is 12.4 Å². The molecular formula is C16H27ClN2. The van der Waals surface area contributed by atoms with E-state index in [0.29, 0.717) is 5.92 Å². The van der Waals surface area contributed by atoms with Crippen LogP contribution in [0.1, 0.15) is 44.6 Å². The van der Waals surface area contributed by atoms with E-state index in [9.17, 15) is 0 Å². The molecule has 2 nitrogen and oxygen atoms in total. The predicted molar refractivity (Wildman–Crippen MR) is 86.6 cm³/mol. The molecule has 1 aromatic carbocycles. The number of rotatable bonds is 5. The molecular weight excluding hydrogens is 256 g/mol. The molecule has 1 saturated heterocycles. The van der Waals surface area contributed by atoms with Crippen LogP contribution in [0.15, 0.2) is 24.3 Å². The highest BCUT2D eigenvalue weighted by Crippen LogP contribution is 2.23. The highest BCUT2D eigenvalue weighted by molar-refractivity contribution is 5.85. The maximum absolute atomic E-state index is 3.60. The molecule has 0 unspecified atom stereocenters. The fourth-order valence-electron chi connectivity index (χ4n) is 2.69. The second kappa shape index (κ2) is 8.44. The number of para-hydroxylation sites is 1. The Balaban J connectivity index is 0.00000180. The quantitative estimate of drug-likeness (QED) is 0.874. The summed E-state index contributed by atoms with van der Waals surface area (Å²) in [7, 11) is 0. The van der Waals surface area contributed by atoms with Crippen LogP contribution in [0.25, 0.3) is 0 Å².